The summed E-state index contributed by atoms with van der Waals surface area (Å²) in [6.45, 7) is 3.62. The zero-order chi connectivity index (χ0) is 13.9. The van der Waals surface area contributed by atoms with Crippen LogP contribution < -0.4 is 15.5 Å². The first-order valence-electron chi connectivity index (χ1n) is 6.70. The lowest BCUT2D eigenvalue weighted by Crippen LogP contribution is -2.47. The molecule has 1 aromatic carbocycles. The largest absolute Gasteiger partial charge is 0.397 e. The SMILES string of the molecule is Nc1cccc(Cl)c1N1CCN(c2ccccn2)CC1. The van der Waals surface area contributed by atoms with Crippen molar-refractivity contribution < 1.29 is 0 Å². The van der Waals surface area contributed by atoms with E-state index in [1.54, 1.807) is 0 Å². The van der Waals surface area contributed by atoms with Crippen LogP contribution in [0.1, 0.15) is 0 Å². The molecule has 0 atom stereocenters. The molecule has 2 N–H and O–H groups in total. The molecule has 0 saturated carbocycles. The van der Waals surface area contributed by atoms with Gasteiger partial charge in [0.15, 0.2) is 0 Å². The van der Waals surface area contributed by atoms with Crippen LogP contribution >= 0.6 is 11.6 Å². The highest BCUT2D eigenvalue weighted by Crippen LogP contribution is 2.32. The highest BCUT2D eigenvalue weighted by molar-refractivity contribution is 6.34. The van der Waals surface area contributed by atoms with Crippen molar-refractivity contribution in [1.29, 1.82) is 0 Å². The van der Waals surface area contributed by atoms with Gasteiger partial charge >= 0.3 is 0 Å². The van der Waals surface area contributed by atoms with Gasteiger partial charge in [-0.3, -0.25) is 0 Å². The molecule has 104 valence electrons. The van der Waals surface area contributed by atoms with Crippen LogP contribution in [0.3, 0.4) is 0 Å². The van der Waals surface area contributed by atoms with Gasteiger partial charge in [0.05, 0.1) is 16.4 Å². The standard InChI is InChI=1S/C15H17ClN4/c16-12-4-3-5-13(17)15(12)20-10-8-19(9-11-20)14-6-1-2-7-18-14/h1-7H,8-11,17H2. The third-order valence-electron chi connectivity index (χ3n) is 3.59. The van der Waals surface area contributed by atoms with Gasteiger partial charge in [0.25, 0.3) is 0 Å². The van der Waals surface area contributed by atoms with Gasteiger partial charge in [0, 0.05) is 32.4 Å². The third-order valence-corrected chi connectivity index (χ3v) is 3.89. The Morgan fingerprint density at radius 2 is 1.70 bits per heavy atom. The van der Waals surface area contributed by atoms with Crippen LogP contribution in [0.2, 0.25) is 5.02 Å². The second kappa shape index (κ2) is 5.59. The fourth-order valence-electron chi connectivity index (χ4n) is 2.57. The van der Waals surface area contributed by atoms with Crippen molar-refractivity contribution in [1.82, 2.24) is 4.98 Å². The van der Waals surface area contributed by atoms with Gasteiger partial charge in [-0.1, -0.05) is 23.7 Å². The topological polar surface area (TPSA) is 45.4 Å². The van der Waals surface area contributed by atoms with E-state index < -0.39 is 0 Å². The summed E-state index contributed by atoms with van der Waals surface area (Å²) in [5.74, 6) is 1.03. The van der Waals surface area contributed by atoms with E-state index in [1.807, 2.05) is 42.6 Å². The average molecular weight is 289 g/mol. The zero-order valence-electron chi connectivity index (χ0n) is 11.2. The lowest BCUT2D eigenvalue weighted by Gasteiger charge is -2.37. The molecular weight excluding hydrogens is 272 g/mol. The number of rotatable bonds is 2. The smallest absolute Gasteiger partial charge is 0.128 e. The number of hydrogen-bond donors (Lipinski definition) is 1. The minimum Gasteiger partial charge on any atom is -0.397 e. The van der Waals surface area contributed by atoms with Gasteiger partial charge in [-0.25, -0.2) is 4.98 Å². The molecule has 1 aliphatic rings. The van der Waals surface area contributed by atoms with Crippen molar-refractivity contribution >= 4 is 28.8 Å². The molecule has 20 heavy (non-hydrogen) atoms. The van der Waals surface area contributed by atoms with Crippen LogP contribution in [-0.4, -0.2) is 31.2 Å². The minimum absolute atomic E-state index is 0.719. The molecule has 2 heterocycles. The van der Waals surface area contributed by atoms with E-state index in [0.717, 1.165) is 48.4 Å². The molecule has 3 rings (SSSR count). The minimum atomic E-state index is 0.719. The van der Waals surface area contributed by atoms with Crippen molar-refractivity contribution in [3.8, 4) is 0 Å². The summed E-state index contributed by atoms with van der Waals surface area (Å²) in [6.07, 6.45) is 1.83. The fraction of sp³-hybridized carbons (Fsp3) is 0.267. The van der Waals surface area contributed by atoms with Crippen molar-refractivity contribution in [2.24, 2.45) is 0 Å². The quantitative estimate of drug-likeness (QED) is 0.863. The van der Waals surface area contributed by atoms with Crippen molar-refractivity contribution in [3.05, 3.63) is 47.6 Å². The first-order chi connectivity index (χ1) is 9.75. The van der Waals surface area contributed by atoms with E-state index in [-0.39, 0.29) is 0 Å². The Labute approximate surface area is 123 Å². The molecule has 5 heteroatoms. The van der Waals surface area contributed by atoms with E-state index in [1.165, 1.54) is 0 Å². The highest BCUT2D eigenvalue weighted by Gasteiger charge is 2.21. The van der Waals surface area contributed by atoms with Crippen LogP contribution in [-0.2, 0) is 0 Å². The first kappa shape index (κ1) is 13.1. The number of aromatic nitrogens is 1. The summed E-state index contributed by atoms with van der Waals surface area (Å²) in [7, 11) is 0. The Morgan fingerprint density at radius 3 is 2.35 bits per heavy atom. The number of nitrogens with zero attached hydrogens (tertiary/aromatic N) is 3. The molecule has 1 saturated heterocycles. The van der Waals surface area contributed by atoms with Crippen LogP contribution in [0, 0.1) is 0 Å². The Balaban J connectivity index is 1.73. The number of hydrogen-bond acceptors (Lipinski definition) is 4. The summed E-state index contributed by atoms with van der Waals surface area (Å²) < 4.78 is 0. The number of para-hydroxylation sites is 1. The molecule has 0 amide bonds. The average Bonchev–Trinajstić information content (AvgIpc) is 2.49. The molecular formula is C15H17ClN4. The van der Waals surface area contributed by atoms with Gasteiger partial charge < -0.3 is 15.5 Å². The Kier molecular flexibility index (Phi) is 3.65. The number of nitrogens with two attached hydrogens (primary N) is 1. The molecule has 0 radical (unpaired) electrons. The van der Waals surface area contributed by atoms with Gasteiger partial charge in [-0.15, -0.1) is 0 Å². The van der Waals surface area contributed by atoms with Gasteiger partial charge in [0.1, 0.15) is 5.82 Å². The second-order valence-corrected chi connectivity index (χ2v) is 5.25. The van der Waals surface area contributed by atoms with E-state index in [9.17, 15) is 0 Å². The maximum Gasteiger partial charge on any atom is 0.128 e. The number of benzene rings is 1. The molecule has 0 aliphatic carbocycles. The lowest BCUT2D eigenvalue weighted by atomic mass is 10.2. The van der Waals surface area contributed by atoms with Crippen LogP contribution in [0.4, 0.5) is 17.2 Å². The van der Waals surface area contributed by atoms with Gasteiger partial charge in [-0.05, 0) is 24.3 Å². The van der Waals surface area contributed by atoms with Crippen molar-refractivity contribution in [2.45, 2.75) is 0 Å². The number of nitrogen functional groups attached to an aromatic ring is 1. The monoisotopic (exact) mass is 288 g/mol. The van der Waals surface area contributed by atoms with Crippen LogP contribution in [0.5, 0.6) is 0 Å². The Morgan fingerprint density at radius 1 is 0.950 bits per heavy atom. The first-order valence-corrected chi connectivity index (χ1v) is 7.08. The lowest BCUT2D eigenvalue weighted by molar-refractivity contribution is 0.648. The van der Waals surface area contributed by atoms with Gasteiger partial charge in [-0.2, -0.15) is 0 Å². The maximum atomic E-state index is 6.27. The molecule has 2 aromatic rings. The molecule has 1 aromatic heterocycles. The summed E-state index contributed by atoms with van der Waals surface area (Å²) in [5, 5.41) is 0.719. The van der Waals surface area contributed by atoms with Crippen molar-refractivity contribution in [3.63, 3.8) is 0 Å². The molecule has 0 unspecified atom stereocenters. The third kappa shape index (κ3) is 2.51. The predicted molar refractivity (Wildman–Crippen MR) is 84.5 cm³/mol. The van der Waals surface area contributed by atoms with E-state index >= 15 is 0 Å². The number of halogens is 1. The number of anilines is 3. The van der Waals surface area contributed by atoms with E-state index in [0.29, 0.717) is 0 Å². The Bertz CT molecular complexity index is 559. The number of pyridine rings is 1. The summed E-state index contributed by atoms with van der Waals surface area (Å²) in [4.78, 5) is 8.92. The Hall–Kier alpha value is -1.94. The van der Waals surface area contributed by atoms with E-state index in [2.05, 4.69) is 14.8 Å². The molecule has 4 nitrogen and oxygen atoms in total. The maximum absolute atomic E-state index is 6.27. The van der Waals surface area contributed by atoms with Crippen LogP contribution in [0.15, 0.2) is 42.6 Å². The molecule has 1 aliphatic heterocycles. The normalized spacial score (nSPS) is 15.4. The predicted octanol–water partition coefficient (Wildman–Crippen LogP) is 2.64. The zero-order valence-corrected chi connectivity index (χ0v) is 11.9. The summed E-state index contributed by atoms with van der Waals surface area (Å²) >= 11 is 6.27. The molecule has 0 bridgehead atoms. The summed E-state index contributed by atoms with van der Waals surface area (Å²) in [5.41, 5.74) is 7.74. The molecule has 1 fully saturated rings. The van der Waals surface area contributed by atoms with Gasteiger partial charge in [0.2, 0.25) is 0 Å². The second-order valence-electron chi connectivity index (χ2n) is 4.84. The fourth-order valence-corrected chi connectivity index (χ4v) is 2.87. The number of piperazine rings is 1. The highest BCUT2D eigenvalue weighted by atomic mass is 35.5. The van der Waals surface area contributed by atoms with Crippen molar-refractivity contribution in [2.75, 3.05) is 41.7 Å². The molecule has 0 spiro atoms. The van der Waals surface area contributed by atoms with Crippen LogP contribution in [0.25, 0.3) is 0 Å². The summed E-state index contributed by atoms with van der Waals surface area (Å²) in [6, 6.07) is 11.7. The van der Waals surface area contributed by atoms with E-state index in [4.69, 9.17) is 17.3 Å².